The van der Waals surface area contributed by atoms with E-state index in [9.17, 15) is 0 Å². The second-order valence-corrected chi connectivity index (χ2v) is 7.43. The van der Waals surface area contributed by atoms with Gasteiger partial charge >= 0.3 is 0 Å². The Morgan fingerprint density at radius 3 is 2.52 bits per heavy atom. The topological polar surface area (TPSA) is 27.7 Å². The molecule has 0 spiro atoms. The third kappa shape index (κ3) is 4.71. The molecule has 1 aromatic carbocycles. The number of allylic oxidation sites excluding steroid dienone is 5. The van der Waals surface area contributed by atoms with Gasteiger partial charge in [-0.05, 0) is 45.4 Å². The maximum atomic E-state index is 5.43. The summed E-state index contributed by atoms with van der Waals surface area (Å²) < 4.78 is 15.9. The molecule has 0 heterocycles. The van der Waals surface area contributed by atoms with Crippen LogP contribution in [0, 0.1) is 11.8 Å². The van der Waals surface area contributed by atoms with Crippen molar-refractivity contribution in [1.82, 2.24) is 0 Å². The lowest BCUT2D eigenvalue weighted by Gasteiger charge is -2.19. The summed E-state index contributed by atoms with van der Waals surface area (Å²) in [6, 6.07) is 6.08. The molecule has 3 nitrogen and oxygen atoms in total. The number of hydrogen-bond donors (Lipinski definition) is 0. The van der Waals surface area contributed by atoms with Crippen LogP contribution in [0.1, 0.15) is 25.8 Å². The molecule has 1 aliphatic rings. The quantitative estimate of drug-likeness (QED) is 0.578. The van der Waals surface area contributed by atoms with Crippen LogP contribution in [0.5, 0.6) is 11.5 Å². The van der Waals surface area contributed by atoms with Gasteiger partial charge in [-0.2, -0.15) is 0 Å². The Kier molecular flexibility index (Phi) is 7.21. The molecule has 0 fully saturated rings. The standard InChI is InChI=1S/C21H28O3S/c1-14(11-12-22-4)16(3)25-21-10-8-18(15(21)2)17-7-9-19(23-5)20(13-17)24-6/h7-10,13-15H,3,11-12H2,1-2,4-6H3. The zero-order valence-corrected chi connectivity index (χ0v) is 16.6. The number of methoxy groups -OCH3 is 3. The summed E-state index contributed by atoms with van der Waals surface area (Å²) in [4.78, 5) is 2.52. The predicted molar refractivity (Wildman–Crippen MR) is 107 cm³/mol. The van der Waals surface area contributed by atoms with Gasteiger partial charge in [0.15, 0.2) is 11.5 Å². The van der Waals surface area contributed by atoms with E-state index >= 15 is 0 Å². The smallest absolute Gasteiger partial charge is 0.161 e. The first-order valence-electron chi connectivity index (χ1n) is 8.51. The van der Waals surface area contributed by atoms with Crippen LogP contribution in [0.4, 0.5) is 0 Å². The molecule has 1 aromatic rings. The largest absolute Gasteiger partial charge is 0.493 e. The number of thioether (sulfide) groups is 1. The van der Waals surface area contributed by atoms with E-state index in [1.54, 1.807) is 33.1 Å². The lowest BCUT2D eigenvalue weighted by atomic mass is 9.96. The van der Waals surface area contributed by atoms with Gasteiger partial charge in [-0.15, -0.1) is 0 Å². The highest BCUT2D eigenvalue weighted by atomic mass is 32.2. The van der Waals surface area contributed by atoms with Crippen molar-refractivity contribution in [2.24, 2.45) is 11.8 Å². The average Bonchev–Trinajstić information content (AvgIpc) is 2.99. The maximum absolute atomic E-state index is 5.43. The van der Waals surface area contributed by atoms with Crippen molar-refractivity contribution in [3.05, 3.63) is 52.3 Å². The van der Waals surface area contributed by atoms with Gasteiger partial charge in [-0.3, -0.25) is 0 Å². The first kappa shape index (κ1) is 19.7. The van der Waals surface area contributed by atoms with Crippen molar-refractivity contribution in [3.8, 4) is 11.5 Å². The molecular formula is C21H28O3S. The third-order valence-electron chi connectivity index (χ3n) is 4.59. The zero-order chi connectivity index (χ0) is 18.4. The Balaban J connectivity index is 2.05. The van der Waals surface area contributed by atoms with E-state index in [1.807, 2.05) is 12.1 Å². The first-order valence-corrected chi connectivity index (χ1v) is 9.33. The van der Waals surface area contributed by atoms with Gasteiger partial charge < -0.3 is 14.2 Å². The highest BCUT2D eigenvalue weighted by Crippen LogP contribution is 2.45. The predicted octanol–water partition coefficient (Wildman–Crippen LogP) is 5.54. The minimum atomic E-state index is 0.342. The van der Waals surface area contributed by atoms with Crippen LogP contribution >= 0.6 is 11.8 Å². The van der Waals surface area contributed by atoms with Gasteiger partial charge in [0.1, 0.15) is 0 Å². The minimum Gasteiger partial charge on any atom is -0.493 e. The molecule has 0 aliphatic heterocycles. The van der Waals surface area contributed by atoms with E-state index in [2.05, 4.69) is 38.6 Å². The Morgan fingerprint density at radius 1 is 1.16 bits per heavy atom. The van der Waals surface area contributed by atoms with Gasteiger partial charge in [-0.1, -0.05) is 50.4 Å². The highest BCUT2D eigenvalue weighted by molar-refractivity contribution is 8.06. The molecule has 0 N–H and O–H groups in total. The number of rotatable bonds is 9. The van der Waals surface area contributed by atoms with Crippen molar-refractivity contribution < 1.29 is 14.2 Å². The molecule has 0 radical (unpaired) electrons. The fourth-order valence-electron chi connectivity index (χ4n) is 2.81. The first-order chi connectivity index (χ1) is 12.0. The van der Waals surface area contributed by atoms with Gasteiger partial charge in [0, 0.05) is 19.6 Å². The number of ether oxygens (including phenoxy) is 3. The molecule has 0 amide bonds. The second kappa shape index (κ2) is 9.16. The molecule has 136 valence electrons. The molecular weight excluding hydrogens is 332 g/mol. The summed E-state index contributed by atoms with van der Waals surface area (Å²) in [6.07, 6.45) is 5.40. The molecule has 0 saturated heterocycles. The Labute approximate surface area is 155 Å². The Bertz CT molecular complexity index is 676. The summed E-state index contributed by atoms with van der Waals surface area (Å²) in [5.74, 6) is 2.28. The van der Waals surface area contributed by atoms with E-state index in [4.69, 9.17) is 14.2 Å². The van der Waals surface area contributed by atoms with Crippen LogP contribution in [0.15, 0.2) is 46.7 Å². The van der Waals surface area contributed by atoms with Crippen LogP contribution in [0.3, 0.4) is 0 Å². The van der Waals surface area contributed by atoms with Gasteiger partial charge in [0.25, 0.3) is 0 Å². The van der Waals surface area contributed by atoms with Crippen molar-refractivity contribution in [2.75, 3.05) is 27.9 Å². The van der Waals surface area contributed by atoms with Crippen LogP contribution in [0.25, 0.3) is 5.57 Å². The zero-order valence-electron chi connectivity index (χ0n) is 15.8. The molecule has 0 aromatic heterocycles. The second-order valence-electron chi connectivity index (χ2n) is 6.23. The van der Waals surface area contributed by atoms with E-state index < -0.39 is 0 Å². The summed E-state index contributed by atoms with van der Waals surface area (Å²) in [6.45, 7) is 9.47. The average molecular weight is 361 g/mol. The van der Waals surface area contributed by atoms with Crippen molar-refractivity contribution in [2.45, 2.75) is 20.3 Å². The fraction of sp³-hybridized carbons (Fsp3) is 0.429. The summed E-state index contributed by atoms with van der Waals surface area (Å²) in [5, 5.41) is 0. The highest BCUT2D eigenvalue weighted by Gasteiger charge is 2.23. The summed E-state index contributed by atoms with van der Waals surface area (Å²) in [5.41, 5.74) is 2.45. The fourth-order valence-corrected chi connectivity index (χ4v) is 3.87. The molecule has 4 heteroatoms. The van der Waals surface area contributed by atoms with Crippen molar-refractivity contribution in [3.63, 3.8) is 0 Å². The van der Waals surface area contributed by atoms with Crippen LogP contribution in [-0.2, 0) is 4.74 Å². The van der Waals surface area contributed by atoms with E-state index in [1.165, 1.54) is 15.4 Å². The van der Waals surface area contributed by atoms with Crippen LogP contribution in [0.2, 0.25) is 0 Å². The molecule has 25 heavy (non-hydrogen) atoms. The molecule has 1 aliphatic carbocycles. The molecule has 2 atom stereocenters. The lowest BCUT2D eigenvalue weighted by Crippen LogP contribution is -2.03. The molecule has 2 unspecified atom stereocenters. The van der Waals surface area contributed by atoms with Crippen molar-refractivity contribution in [1.29, 1.82) is 0 Å². The van der Waals surface area contributed by atoms with Crippen LogP contribution in [-0.4, -0.2) is 27.9 Å². The third-order valence-corrected chi connectivity index (χ3v) is 5.98. The van der Waals surface area contributed by atoms with Gasteiger partial charge in [-0.25, -0.2) is 0 Å². The monoisotopic (exact) mass is 360 g/mol. The number of hydrogen-bond acceptors (Lipinski definition) is 4. The normalized spacial score (nSPS) is 17.7. The van der Waals surface area contributed by atoms with E-state index in [0.29, 0.717) is 11.8 Å². The lowest BCUT2D eigenvalue weighted by molar-refractivity contribution is 0.186. The maximum Gasteiger partial charge on any atom is 0.161 e. The van der Waals surface area contributed by atoms with Crippen LogP contribution < -0.4 is 9.47 Å². The summed E-state index contributed by atoms with van der Waals surface area (Å²) in [7, 11) is 5.06. The Hall–Kier alpha value is -1.65. The minimum absolute atomic E-state index is 0.342. The number of benzene rings is 1. The summed E-state index contributed by atoms with van der Waals surface area (Å²) >= 11 is 1.79. The SMILES string of the molecule is C=C(SC1=CC=C(c2ccc(OC)c(OC)c2)C1C)C(C)CCOC. The molecule has 0 bridgehead atoms. The molecule has 2 rings (SSSR count). The van der Waals surface area contributed by atoms with Crippen molar-refractivity contribution >= 4 is 17.3 Å². The molecule has 0 saturated carbocycles. The van der Waals surface area contributed by atoms with Gasteiger partial charge in [0.05, 0.1) is 14.2 Å². The Morgan fingerprint density at radius 2 is 1.88 bits per heavy atom. The van der Waals surface area contributed by atoms with E-state index in [-0.39, 0.29) is 0 Å². The van der Waals surface area contributed by atoms with E-state index in [0.717, 1.165) is 30.1 Å². The van der Waals surface area contributed by atoms with Gasteiger partial charge in [0.2, 0.25) is 0 Å².